The van der Waals surface area contributed by atoms with Crippen LogP contribution < -0.4 is 5.32 Å². The van der Waals surface area contributed by atoms with Crippen LogP contribution in [0.4, 0.5) is 0 Å². The molecule has 0 radical (unpaired) electrons. The molecular formula is C17H20N4O4. The topological polar surface area (TPSA) is 89.6 Å². The molecule has 2 fully saturated rings. The standard InChI is InChI=1S/C17H20N4O4/c1-20-6-2-3-13(20)16(22)18-8-12-7-11-9-21(10-15(11)24-12)17(23)14-4-5-19-25-14/h2-6,11-12,15H,7-10H2,1H3,(H,18,22)/t11-,12-,15-/m1/s1. The number of hydrogen-bond acceptors (Lipinski definition) is 5. The Morgan fingerprint density at radius 2 is 2.24 bits per heavy atom. The monoisotopic (exact) mass is 344 g/mol. The summed E-state index contributed by atoms with van der Waals surface area (Å²) in [5.74, 6) is 0.300. The smallest absolute Gasteiger partial charge is 0.292 e. The second-order valence-corrected chi connectivity index (χ2v) is 6.59. The van der Waals surface area contributed by atoms with Crippen molar-refractivity contribution < 1.29 is 18.8 Å². The summed E-state index contributed by atoms with van der Waals surface area (Å²) in [7, 11) is 1.84. The summed E-state index contributed by atoms with van der Waals surface area (Å²) in [6.07, 6.45) is 4.14. The first kappa shape index (κ1) is 15.9. The van der Waals surface area contributed by atoms with Gasteiger partial charge in [-0.25, -0.2) is 0 Å². The molecule has 0 bridgehead atoms. The lowest BCUT2D eigenvalue weighted by atomic mass is 10.0. The number of nitrogens with zero attached hydrogens (tertiary/aromatic N) is 3. The zero-order chi connectivity index (χ0) is 17.4. The van der Waals surface area contributed by atoms with Gasteiger partial charge in [0.2, 0.25) is 5.76 Å². The van der Waals surface area contributed by atoms with Crippen LogP contribution in [0.2, 0.25) is 0 Å². The van der Waals surface area contributed by atoms with Crippen LogP contribution in [0.1, 0.15) is 27.5 Å². The molecule has 2 saturated heterocycles. The van der Waals surface area contributed by atoms with Crippen molar-refractivity contribution in [2.45, 2.75) is 18.6 Å². The van der Waals surface area contributed by atoms with Gasteiger partial charge in [-0.05, 0) is 18.6 Å². The molecule has 2 aromatic rings. The molecule has 2 aliphatic heterocycles. The van der Waals surface area contributed by atoms with Gasteiger partial charge in [0.05, 0.1) is 18.4 Å². The summed E-state index contributed by atoms with van der Waals surface area (Å²) in [6.45, 7) is 1.67. The molecule has 0 aliphatic carbocycles. The molecule has 0 saturated carbocycles. The Hall–Kier alpha value is -2.61. The van der Waals surface area contributed by atoms with Gasteiger partial charge >= 0.3 is 0 Å². The highest BCUT2D eigenvalue weighted by Gasteiger charge is 2.44. The van der Waals surface area contributed by atoms with Crippen LogP contribution in [0.5, 0.6) is 0 Å². The lowest BCUT2D eigenvalue weighted by Gasteiger charge is -2.18. The Balaban J connectivity index is 1.27. The maximum atomic E-state index is 12.3. The minimum Gasteiger partial charge on any atom is -0.371 e. The maximum absolute atomic E-state index is 12.3. The fourth-order valence-corrected chi connectivity index (χ4v) is 3.64. The van der Waals surface area contributed by atoms with E-state index < -0.39 is 0 Å². The van der Waals surface area contributed by atoms with Crippen LogP contribution in [-0.2, 0) is 11.8 Å². The molecule has 0 aromatic carbocycles. The van der Waals surface area contributed by atoms with Crippen molar-refractivity contribution in [3.63, 3.8) is 0 Å². The third kappa shape index (κ3) is 3.05. The molecule has 1 N–H and O–H groups in total. The van der Waals surface area contributed by atoms with Crippen molar-refractivity contribution >= 4 is 11.8 Å². The van der Waals surface area contributed by atoms with Crippen molar-refractivity contribution in [2.24, 2.45) is 13.0 Å². The molecule has 2 aromatic heterocycles. The quantitative estimate of drug-likeness (QED) is 0.881. The minimum atomic E-state index is -0.149. The Morgan fingerprint density at radius 3 is 2.92 bits per heavy atom. The third-order valence-corrected chi connectivity index (χ3v) is 4.92. The molecule has 25 heavy (non-hydrogen) atoms. The van der Waals surface area contributed by atoms with Crippen LogP contribution in [0.15, 0.2) is 35.1 Å². The SMILES string of the molecule is Cn1cccc1C(=O)NC[C@H]1C[C@@H]2CN(C(=O)c3ccno3)C[C@H]2O1. The van der Waals surface area contributed by atoms with Gasteiger partial charge in [0, 0.05) is 44.9 Å². The zero-order valence-electron chi connectivity index (χ0n) is 13.9. The molecule has 0 unspecified atom stereocenters. The lowest BCUT2D eigenvalue weighted by molar-refractivity contribution is 0.0349. The van der Waals surface area contributed by atoms with Crippen molar-refractivity contribution in [3.8, 4) is 0 Å². The molecule has 8 nitrogen and oxygen atoms in total. The number of carbonyl (C=O) groups is 2. The molecule has 4 rings (SSSR count). The van der Waals surface area contributed by atoms with Gasteiger partial charge in [0.1, 0.15) is 5.69 Å². The number of aryl methyl sites for hydroxylation is 1. The van der Waals surface area contributed by atoms with Crippen LogP contribution in [0, 0.1) is 5.92 Å². The number of hydrogen-bond donors (Lipinski definition) is 1. The highest BCUT2D eigenvalue weighted by Crippen LogP contribution is 2.33. The molecule has 0 spiro atoms. The van der Waals surface area contributed by atoms with Gasteiger partial charge in [-0.1, -0.05) is 5.16 Å². The number of amides is 2. The van der Waals surface area contributed by atoms with Gasteiger partial charge in [0.25, 0.3) is 11.8 Å². The van der Waals surface area contributed by atoms with Crippen molar-refractivity contribution in [1.29, 1.82) is 0 Å². The van der Waals surface area contributed by atoms with Gasteiger partial charge < -0.3 is 24.0 Å². The zero-order valence-corrected chi connectivity index (χ0v) is 13.9. The Bertz CT molecular complexity index is 755. The summed E-state index contributed by atoms with van der Waals surface area (Å²) in [6, 6.07) is 5.19. The number of carbonyl (C=O) groups excluding carboxylic acids is 2. The highest BCUT2D eigenvalue weighted by molar-refractivity contribution is 5.92. The average Bonchev–Trinajstić information content (AvgIpc) is 3.35. The van der Waals surface area contributed by atoms with Crippen molar-refractivity contribution in [2.75, 3.05) is 19.6 Å². The lowest BCUT2D eigenvalue weighted by Crippen LogP contribution is -2.35. The second-order valence-electron chi connectivity index (χ2n) is 6.59. The first-order valence-corrected chi connectivity index (χ1v) is 8.37. The summed E-state index contributed by atoms with van der Waals surface area (Å²) in [5, 5.41) is 6.50. The van der Waals surface area contributed by atoms with Crippen LogP contribution >= 0.6 is 0 Å². The van der Waals surface area contributed by atoms with Gasteiger partial charge in [-0.3, -0.25) is 9.59 Å². The van der Waals surface area contributed by atoms with Gasteiger partial charge in [-0.15, -0.1) is 0 Å². The van der Waals surface area contributed by atoms with Crippen molar-refractivity contribution in [3.05, 3.63) is 42.0 Å². The fourth-order valence-electron chi connectivity index (χ4n) is 3.64. The summed E-state index contributed by atoms with van der Waals surface area (Å²) < 4.78 is 12.7. The Kier molecular flexibility index (Phi) is 4.04. The van der Waals surface area contributed by atoms with E-state index in [9.17, 15) is 9.59 Å². The van der Waals surface area contributed by atoms with Crippen LogP contribution in [0.25, 0.3) is 0 Å². The van der Waals surface area contributed by atoms with E-state index in [-0.39, 0.29) is 29.8 Å². The van der Waals surface area contributed by atoms with E-state index in [0.717, 1.165) is 6.42 Å². The predicted molar refractivity (Wildman–Crippen MR) is 86.9 cm³/mol. The molecule has 3 atom stereocenters. The first-order chi connectivity index (χ1) is 12.1. The summed E-state index contributed by atoms with van der Waals surface area (Å²) in [5.41, 5.74) is 0.627. The van der Waals surface area contributed by atoms with Crippen molar-refractivity contribution in [1.82, 2.24) is 19.9 Å². The first-order valence-electron chi connectivity index (χ1n) is 8.37. The average molecular weight is 344 g/mol. The van der Waals surface area contributed by atoms with E-state index in [1.165, 1.54) is 6.20 Å². The fraction of sp³-hybridized carbons (Fsp3) is 0.471. The number of nitrogens with one attached hydrogen (secondary N) is 1. The Morgan fingerprint density at radius 1 is 1.36 bits per heavy atom. The highest BCUT2D eigenvalue weighted by atomic mass is 16.5. The predicted octanol–water partition coefficient (Wildman–Crippen LogP) is 0.673. The number of aromatic nitrogens is 2. The number of likely N-dealkylation sites (tertiary alicyclic amines) is 1. The van der Waals surface area contributed by atoms with E-state index in [1.54, 1.807) is 21.6 Å². The summed E-state index contributed by atoms with van der Waals surface area (Å²) in [4.78, 5) is 26.2. The molecule has 4 heterocycles. The largest absolute Gasteiger partial charge is 0.371 e. The van der Waals surface area contributed by atoms with E-state index in [0.29, 0.717) is 31.2 Å². The molecule has 8 heteroatoms. The van der Waals surface area contributed by atoms with Crippen LogP contribution in [0.3, 0.4) is 0 Å². The normalized spacial score (nSPS) is 25.2. The van der Waals surface area contributed by atoms with Gasteiger partial charge in [0.15, 0.2) is 0 Å². The molecule has 2 amide bonds. The van der Waals surface area contributed by atoms with E-state index in [2.05, 4.69) is 10.5 Å². The van der Waals surface area contributed by atoms with Crippen LogP contribution in [-0.4, -0.2) is 58.3 Å². The Labute approximate surface area is 144 Å². The van der Waals surface area contributed by atoms with E-state index >= 15 is 0 Å². The van der Waals surface area contributed by atoms with Gasteiger partial charge in [-0.2, -0.15) is 0 Å². The van der Waals surface area contributed by atoms with E-state index in [4.69, 9.17) is 9.26 Å². The molecular weight excluding hydrogens is 324 g/mol. The minimum absolute atomic E-state index is 0.0123. The summed E-state index contributed by atoms with van der Waals surface area (Å²) >= 11 is 0. The second kappa shape index (κ2) is 6.36. The number of fused-ring (bicyclic) bond motifs is 1. The number of ether oxygens (including phenoxy) is 1. The molecule has 2 aliphatic rings. The molecule has 132 valence electrons. The number of rotatable bonds is 4. The third-order valence-electron chi connectivity index (χ3n) is 4.92. The van der Waals surface area contributed by atoms with E-state index in [1.807, 2.05) is 19.3 Å². The maximum Gasteiger partial charge on any atom is 0.292 e.